The van der Waals surface area contributed by atoms with Gasteiger partial charge in [-0.2, -0.15) is 0 Å². The lowest BCUT2D eigenvalue weighted by molar-refractivity contribution is 0.547. The van der Waals surface area contributed by atoms with E-state index in [0.29, 0.717) is 0 Å². The highest BCUT2D eigenvalue weighted by Crippen LogP contribution is 2.39. The second-order valence-electron chi connectivity index (χ2n) is 6.17. The van der Waals surface area contributed by atoms with E-state index in [2.05, 4.69) is 55.4 Å². The van der Waals surface area contributed by atoms with Crippen LogP contribution < -0.4 is 0 Å². The van der Waals surface area contributed by atoms with Crippen molar-refractivity contribution in [1.29, 1.82) is 0 Å². The molecule has 0 heterocycles. The molecule has 0 aromatic carbocycles. The third-order valence-electron chi connectivity index (χ3n) is 4.62. The zero-order chi connectivity index (χ0) is 12.2. The Bertz CT molecular complexity index is 149. The highest BCUT2D eigenvalue weighted by Gasteiger charge is 2.34. The summed E-state index contributed by atoms with van der Waals surface area (Å²) >= 11 is 0. The van der Waals surface area contributed by atoms with Crippen LogP contribution in [0.3, 0.4) is 0 Å². The van der Waals surface area contributed by atoms with Crippen molar-refractivity contribution in [3.05, 3.63) is 0 Å². The van der Waals surface area contributed by atoms with Crippen LogP contribution in [-0.2, 0) is 0 Å². The molecule has 0 nitrogen and oxygen atoms in total. The van der Waals surface area contributed by atoms with E-state index >= 15 is 0 Å². The first kappa shape index (κ1) is 15.1. The molecule has 1 heteroatoms. The van der Waals surface area contributed by atoms with E-state index in [1.807, 2.05) is 0 Å². The molecule has 0 radical (unpaired) electrons. The predicted molar refractivity (Wildman–Crippen MR) is 74.0 cm³/mol. The summed E-state index contributed by atoms with van der Waals surface area (Å²) in [6.07, 6.45) is 1.32. The molecule has 3 atom stereocenters. The second kappa shape index (κ2) is 6.61. The van der Waals surface area contributed by atoms with Crippen LogP contribution in [0, 0.1) is 11.8 Å². The van der Waals surface area contributed by atoms with Gasteiger partial charge < -0.3 is 0 Å². The Morgan fingerprint density at radius 2 is 1.07 bits per heavy atom. The van der Waals surface area contributed by atoms with Gasteiger partial charge in [0, 0.05) is 0 Å². The minimum atomic E-state index is 0.810. The van der Waals surface area contributed by atoms with Crippen LogP contribution in [0.2, 0.25) is 17.5 Å². The van der Waals surface area contributed by atoms with Gasteiger partial charge in [0.1, 0.15) is 6.71 Å². The van der Waals surface area contributed by atoms with Gasteiger partial charge in [-0.15, -0.1) is 0 Å². The number of hydrogen-bond donors (Lipinski definition) is 0. The third-order valence-corrected chi connectivity index (χ3v) is 4.62. The molecule has 0 saturated heterocycles. The normalized spacial score (nSPS) is 18.0. The van der Waals surface area contributed by atoms with Crippen molar-refractivity contribution in [3.8, 4) is 0 Å². The highest BCUT2D eigenvalue weighted by atomic mass is 14.2. The SMILES string of the molecule is CCC(C)B(C(C)C(C)C)C(C)C(C)C. The summed E-state index contributed by atoms with van der Waals surface area (Å²) in [6, 6.07) is 0. The molecular formula is C14H31B. The Labute approximate surface area is 98.3 Å². The molecule has 0 aliphatic rings. The van der Waals surface area contributed by atoms with E-state index in [0.717, 1.165) is 36.0 Å². The first-order valence-corrected chi connectivity index (χ1v) is 6.82. The molecule has 0 rings (SSSR count). The maximum Gasteiger partial charge on any atom is 0.149 e. The van der Waals surface area contributed by atoms with Gasteiger partial charge in [-0.3, -0.25) is 0 Å². The molecule has 90 valence electrons. The average Bonchev–Trinajstić information content (AvgIpc) is 2.16. The summed E-state index contributed by atoms with van der Waals surface area (Å²) in [5.41, 5.74) is 0. The number of rotatable bonds is 6. The second-order valence-corrected chi connectivity index (χ2v) is 6.17. The monoisotopic (exact) mass is 210 g/mol. The average molecular weight is 210 g/mol. The van der Waals surface area contributed by atoms with Crippen molar-refractivity contribution in [1.82, 2.24) is 0 Å². The van der Waals surface area contributed by atoms with Crippen LogP contribution >= 0.6 is 0 Å². The van der Waals surface area contributed by atoms with E-state index in [1.54, 1.807) is 0 Å². The molecule has 0 aliphatic heterocycles. The molecule has 0 aromatic rings. The lowest BCUT2D eigenvalue weighted by Gasteiger charge is -2.35. The molecule has 0 fully saturated rings. The standard InChI is InChI=1S/C14H31B/c1-9-12(6)15(13(7)10(2)3)14(8)11(4)5/h10-14H,9H2,1-8H3. The van der Waals surface area contributed by atoms with Gasteiger partial charge in [0.05, 0.1) is 0 Å². The van der Waals surface area contributed by atoms with Gasteiger partial charge in [-0.25, -0.2) is 0 Å². The molecule has 0 N–H and O–H groups in total. The van der Waals surface area contributed by atoms with Crippen LogP contribution in [0.1, 0.15) is 61.8 Å². The minimum Gasteiger partial charge on any atom is -0.0691 e. The first-order chi connectivity index (χ1) is 6.82. The molecule has 0 aromatic heterocycles. The molecule has 0 amide bonds. The molecule has 0 saturated carbocycles. The fraction of sp³-hybridized carbons (Fsp3) is 1.00. The molecule has 3 unspecified atom stereocenters. The van der Waals surface area contributed by atoms with Crippen LogP contribution in [0.4, 0.5) is 0 Å². The molecular weight excluding hydrogens is 179 g/mol. The quantitative estimate of drug-likeness (QED) is 0.517. The predicted octanol–water partition coefficient (Wildman–Crippen LogP) is 5.37. The van der Waals surface area contributed by atoms with E-state index in [9.17, 15) is 0 Å². The molecule has 0 spiro atoms. The fourth-order valence-corrected chi connectivity index (χ4v) is 2.68. The van der Waals surface area contributed by atoms with Crippen molar-refractivity contribution in [2.75, 3.05) is 0 Å². The maximum atomic E-state index is 2.44. The molecule has 0 aliphatic carbocycles. The Morgan fingerprint density at radius 1 is 0.733 bits per heavy atom. The fourth-order valence-electron chi connectivity index (χ4n) is 2.68. The molecule has 15 heavy (non-hydrogen) atoms. The maximum absolute atomic E-state index is 2.44. The third kappa shape index (κ3) is 4.21. The van der Waals surface area contributed by atoms with Crippen LogP contribution in [0.5, 0.6) is 0 Å². The summed E-state index contributed by atoms with van der Waals surface area (Å²) in [5.74, 6) is 4.17. The van der Waals surface area contributed by atoms with Gasteiger partial charge in [0.2, 0.25) is 0 Å². The van der Waals surface area contributed by atoms with Crippen molar-refractivity contribution in [3.63, 3.8) is 0 Å². The van der Waals surface area contributed by atoms with Crippen LogP contribution in [0.25, 0.3) is 0 Å². The van der Waals surface area contributed by atoms with Crippen molar-refractivity contribution >= 4 is 6.71 Å². The Morgan fingerprint density at radius 3 is 1.27 bits per heavy atom. The number of hydrogen-bond acceptors (Lipinski definition) is 0. The van der Waals surface area contributed by atoms with E-state index < -0.39 is 0 Å². The summed E-state index contributed by atoms with van der Waals surface area (Å²) in [7, 11) is 0. The van der Waals surface area contributed by atoms with Crippen LogP contribution in [0.15, 0.2) is 0 Å². The van der Waals surface area contributed by atoms with E-state index in [-0.39, 0.29) is 0 Å². The largest absolute Gasteiger partial charge is 0.149 e. The van der Waals surface area contributed by atoms with Gasteiger partial charge >= 0.3 is 0 Å². The summed E-state index contributed by atoms with van der Waals surface area (Å²) < 4.78 is 0. The smallest absolute Gasteiger partial charge is 0.0691 e. The topological polar surface area (TPSA) is 0 Å². The van der Waals surface area contributed by atoms with Crippen molar-refractivity contribution < 1.29 is 0 Å². The van der Waals surface area contributed by atoms with Gasteiger partial charge in [0.15, 0.2) is 0 Å². The zero-order valence-electron chi connectivity index (χ0n) is 12.2. The lowest BCUT2D eigenvalue weighted by Crippen LogP contribution is -2.33. The van der Waals surface area contributed by atoms with Gasteiger partial charge in [0.25, 0.3) is 0 Å². The summed E-state index contributed by atoms with van der Waals surface area (Å²) in [5, 5.41) is 0. The summed E-state index contributed by atoms with van der Waals surface area (Å²) in [4.78, 5) is 0. The van der Waals surface area contributed by atoms with E-state index in [4.69, 9.17) is 0 Å². The van der Waals surface area contributed by atoms with E-state index in [1.165, 1.54) is 6.42 Å². The highest BCUT2D eigenvalue weighted by molar-refractivity contribution is 6.63. The zero-order valence-corrected chi connectivity index (χ0v) is 12.2. The molecule has 0 bridgehead atoms. The Hall–Kier alpha value is 0.0649. The Kier molecular flexibility index (Phi) is 6.63. The summed E-state index contributed by atoms with van der Waals surface area (Å²) in [6.45, 7) is 20.0. The van der Waals surface area contributed by atoms with Gasteiger partial charge in [-0.1, -0.05) is 91.1 Å². The minimum absolute atomic E-state index is 0.810. The first-order valence-electron chi connectivity index (χ1n) is 6.82. The Balaban J connectivity index is 4.72. The van der Waals surface area contributed by atoms with Gasteiger partial charge in [-0.05, 0) is 0 Å². The van der Waals surface area contributed by atoms with Crippen molar-refractivity contribution in [2.24, 2.45) is 11.8 Å². The lowest BCUT2D eigenvalue weighted by atomic mass is 9.26. The van der Waals surface area contributed by atoms with Crippen molar-refractivity contribution in [2.45, 2.75) is 79.3 Å². The van der Waals surface area contributed by atoms with Crippen LogP contribution in [-0.4, -0.2) is 6.71 Å².